The first-order chi connectivity index (χ1) is 18.9. The summed E-state index contributed by atoms with van der Waals surface area (Å²) >= 11 is 13.1. The fourth-order valence-corrected chi connectivity index (χ4v) is 6.39. The molecule has 1 saturated heterocycles. The number of carbonyl (C=O) groups excluding carboxylic acids is 1. The lowest BCUT2D eigenvalue weighted by atomic mass is 10.0. The van der Waals surface area contributed by atoms with E-state index in [0.717, 1.165) is 84.6 Å². The zero-order chi connectivity index (χ0) is 27.3. The second-order valence-electron chi connectivity index (χ2n) is 10.7. The summed E-state index contributed by atoms with van der Waals surface area (Å²) in [6.45, 7) is 5.98. The normalized spacial score (nSPS) is 18.2. The van der Waals surface area contributed by atoms with E-state index in [9.17, 15) is 4.79 Å². The van der Waals surface area contributed by atoms with Crippen LogP contribution in [0.25, 0.3) is 22.2 Å². The maximum atomic E-state index is 12.2. The molecule has 6 rings (SSSR count). The van der Waals surface area contributed by atoms with E-state index in [1.54, 1.807) is 0 Å². The van der Waals surface area contributed by atoms with Crippen molar-refractivity contribution in [3.8, 4) is 11.3 Å². The summed E-state index contributed by atoms with van der Waals surface area (Å²) in [6, 6.07) is 12.2. The van der Waals surface area contributed by atoms with E-state index < -0.39 is 0 Å². The van der Waals surface area contributed by atoms with Gasteiger partial charge < -0.3 is 18.7 Å². The van der Waals surface area contributed by atoms with E-state index in [1.807, 2.05) is 42.1 Å². The molecule has 2 aromatic heterocycles. The molecule has 7 nitrogen and oxygen atoms in total. The summed E-state index contributed by atoms with van der Waals surface area (Å²) in [5.41, 5.74) is 5.46. The van der Waals surface area contributed by atoms with Gasteiger partial charge in [0.15, 0.2) is 0 Å². The Morgan fingerprint density at radius 1 is 1.15 bits per heavy atom. The van der Waals surface area contributed by atoms with Crippen LogP contribution in [0.1, 0.15) is 47.4 Å². The Kier molecular flexibility index (Phi) is 7.08. The summed E-state index contributed by atoms with van der Waals surface area (Å²) in [6.07, 6.45) is 4.95. The highest BCUT2D eigenvalue weighted by Crippen LogP contribution is 2.46. The Bertz CT molecular complexity index is 1520. The Labute approximate surface area is 238 Å². The second-order valence-corrected chi connectivity index (χ2v) is 11.5. The molecule has 1 aliphatic carbocycles. The average molecular weight is 568 g/mol. The summed E-state index contributed by atoms with van der Waals surface area (Å²) in [4.78, 5) is 17.1. The van der Waals surface area contributed by atoms with Crippen molar-refractivity contribution in [2.75, 3.05) is 38.2 Å². The summed E-state index contributed by atoms with van der Waals surface area (Å²) in [7, 11) is 3.38. The fourth-order valence-electron chi connectivity index (χ4n) is 5.81. The highest BCUT2D eigenvalue weighted by atomic mass is 35.5. The zero-order valence-electron chi connectivity index (χ0n) is 22.4. The Balaban J connectivity index is 1.18. The van der Waals surface area contributed by atoms with Crippen molar-refractivity contribution in [3.05, 3.63) is 69.5 Å². The molecule has 1 atom stereocenters. The van der Waals surface area contributed by atoms with Crippen LogP contribution < -0.4 is 4.90 Å². The minimum Gasteiger partial charge on any atom is -0.465 e. The zero-order valence-corrected chi connectivity index (χ0v) is 23.9. The number of anilines is 1. The van der Waals surface area contributed by atoms with Gasteiger partial charge in [-0.05, 0) is 56.5 Å². The Morgan fingerprint density at radius 2 is 1.92 bits per heavy atom. The molecule has 39 heavy (non-hydrogen) atoms. The van der Waals surface area contributed by atoms with E-state index in [2.05, 4.69) is 34.0 Å². The molecule has 0 radical (unpaired) electrons. The van der Waals surface area contributed by atoms with E-state index in [4.69, 9.17) is 32.5 Å². The van der Waals surface area contributed by atoms with Crippen molar-refractivity contribution in [2.45, 2.75) is 38.1 Å². The van der Waals surface area contributed by atoms with Crippen LogP contribution >= 0.6 is 23.2 Å². The number of hydrogen-bond donors (Lipinski definition) is 0. The summed E-state index contributed by atoms with van der Waals surface area (Å²) in [5.74, 6) is 1.13. The number of rotatable bonds is 7. The lowest BCUT2D eigenvalue weighted by molar-refractivity contribution is 0.0602. The third-order valence-corrected chi connectivity index (χ3v) is 8.75. The summed E-state index contributed by atoms with van der Waals surface area (Å²) in [5, 5.41) is 6.55. The van der Waals surface area contributed by atoms with Gasteiger partial charge in [-0.3, -0.25) is 4.90 Å². The molecular weight excluding hydrogens is 535 g/mol. The first-order valence-corrected chi connectivity index (χ1v) is 14.2. The van der Waals surface area contributed by atoms with Gasteiger partial charge in [-0.2, -0.15) is 0 Å². The monoisotopic (exact) mass is 566 g/mol. The molecule has 0 spiro atoms. The van der Waals surface area contributed by atoms with Crippen LogP contribution in [0.3, 0.4) is 0 Å². The molecule has 0 N–H and O–H groups in total. The average Bonchev–Trinajstić information content (AvgIpc) is 3.61. The van der Waals surface area contributed by atoms with Crippen molar-refractivity contribution >= 4 is 45.8 Å². The van der Waals surface area contributed by atoms with E-state index in [0.29, 0.717) is 27.6 Å². The lowest BCUT2D eigenvalue weighted by Crippen LogP contribution is -2.52. The van der Waals surface area contributed by atoms with Crippen LogP contribution in [0, 0.1) is 0 Å². The number of carbonyl (C=O) groups is 1. The minimum atomic E-state index is -0.312. The SMILES string of the molecule is COC(=O)c1cn(C)c2cc(N3CCN(CCc4c(-c5c(Cl)cccc5Cl)noc4C4CC4)C(C)C3)ccc12. The van der Waals surface area contributed by atoms with E-state index in [-0.39, 0.29) is 5.97 Å². The predicted molar refractivity (Wildman–Crippen MR) is 155 cm³/mol. The number of piperazine rings is 1. The van der Waals surface area contributed by atoms with Crippen LogP contribution in [-0.2, 0) is 18.2 Å². The highest BCUT2D eigenvalue weighted by molar-refractivity contribution is 6.39. The number of nitrogens with zero attached hydrogens (tertiary/aromatic N) is 4. The number of halogens is 2. The minimum absolute atomic E-state index is 0.312. The topological polar surface area (TPSA) is 63.7 Å². The number of aryl methyl sites for hydroxylation is 1. The molecule has 3 heterocycles. The maximum absolute atomic E-state index is 12.2. The molecule has 9 heteroatoms. The summed E-state index contributed by atoms with van der Waals surface area (Å²) < 4.78 is 12.8. The molecule has 1 unspecified atom stereocenters. The quantitative estimate of drug-likeness (QED) is 0.236. The molecule has 1 aliphatic heterocycles. The van der Waals surface area contributed by atoms with Crippen molar-refractivity contribution in [3.63, 3.8) is 0 Å². The maximum Gasteiger partial charge on any atom is 0.340 e. The van der Waals surface area contributed by atoms with E-state index >= 15 is 0 Å². The first-order valence-electron chi connectivity index (χ1n) is 13.4. The molecule has 2 aliphatic rings. The number of hydrogen-bond acceptors (Lipinski definition) is 6. The van der Waals surface area contributed by atoms with Gasteiger partial charge in [0.1, 0.15) is 11.5 Å². The first kappa shape index (κ1) is 26.2. The van der Waals surface area contributed by atoms with E-state index in [1.165, 1.54) is 7.11 Å². The van der Waals surface area contributed by atoms with Crippen LogP contribution in [-0.4, -0.2) is 59.9 Å². The standard InChI is InChI=1S/C30H32Cl2N4O3/c1-18-16-36(20-9-10-21-23(30(37)38-3)17-34(2)26(21)15-20)14-13-35(18)12-11-22-28(33-39-29(22)19-7-8-19)27-24(31)5-4-6-25(27)32/h4-6,9-10,15,17-19H,7-8,11-14,16H2,1-3H3. The fraction of sp³-hybridized carbons (Fsp3) is 0.400. The van der Waals surface area contributed by atoms with Crippen LogP contribution in [0.4, 0.5) is 5.69 Å². The molecule has 204 valence electrons. The molecule has 2 aromatic carbocycles. The van der Waals surface area contributed by atoms with Crippen molar-refractivity contribution < 1.29 is 14.1 Å². The number of aromatic nitrogens is 2. The van der Waals surface area contributed by atoms with Crippen molar-refractivity contribution in [1.82, 2.24) is 14.6 Å². The number of methoxy groups -OCH3 is 1. The predicted octanol–water partition coefficient (Wildman–Crippen LogP) is 6.56. The van der Waals surface area contributed by atoms with Gasteiger partial charge >= 0.3 is 5.97 Å². The molecule has 0 amide bonds. The number of ether oxygens (including phenoxy) is 1. The molecule has 2 fully saturated rings. The van der Waals surface area contributed by atoms with Gasteiger partial charge in [-0.25, -0.2) is 4.79 Å². The molecule has 4 aromatic rings. The van der Waals surface area contributed by atoms with Crippen LogP contribution in [0.2, 0.25) is 10.0 Å². The lowest BCUT2D eigenvalue weighted by Gasteiger charge is -2.41. The van der Waals surface area contributed by atoms with Crippen molar-refractivity contribution in [1.29, 1.82) is 0 Å². The molecule has 1 saturated carbocycles. The smallest absolute Gasteiger partial charge is 0.340 e. The van der Waals surface area contributed by atoms with Gasteiger partial charge in [-0.1, -0.05) is 34.4 Å². The third kappa shape index (κ3) is 4.92. The molecule has 0 bridgehead atoms. The van der Waals surface area contributed by atoms with Crippen LogP contribution in [0.15, 0.2) is 47.1 Å². The third-order valence-electron chi connectivity index (χ3n) is 8.13. The highest BCUT2D eigenvalue weighted by Gasteiger charge is 2.34. The van der Waals surface area contributed by atoms with Crippen molar-refractivity contribution in [2.24, 2.45) is 7.05 Å². The van der Waals surface area contributed by atoms with Gasteiger partial charge in [0.05, 0.1) is 28.2 Å². The number of esters is 1. The molecular formula is C30H32Cl2N4O3. The van der Waals surface area contributed by atoms with Gasteiger partial charge in [0, 0.05) is 73.6 Å². The number of fused-ring (bicyclic) bond motifs is 1. The van der Waals surface area contributed by atoms with Gasteiger partial charge in [0.25, 0.3) is 0 Å². The second kappa shape index (κ2) is 10.5. The van der Waals surface area contributed by atoms with Gasteiger partial charge in [0.2, 0.25) is 0 Å². The number of benzene rings is 2. The Hall–Kier alpha value is -3.00. The van der Waals surface area contributed by atoms with Crippen LogP contribution in [0.5, 0.6) is 0 Å². The Morgan fingerprint density at radius 3 is 2.62 bits per heavy atom. The largest absolute Gasteiger partial charge is 0.465 e. The van der Waals surface area contributed by atoms with Gasteiger partial charge in [-0.15, -0.1) is 0 Å².